The van der Waals surface area contributed by atoms with Crippen molar-refractivity contribution in [2.45, 2.75) is 32.2 Å². The van der Waals surface area contributed by atoms with Gasteiger partial charge in [0.15, 0.2) is 0 Å². The number of benzene rings is 2. The molecule has 0 amide bonds. The van der Waals surface area contributed by atoms with Gasteiger partial charge in [0.05, 0.1) is 20.3 Å². The van der Waals surface area contributed by atoms with Crippen LogP contribution in [0.2, 0.25) is 0 Å². The monoisotopic (exact) mass is 394 g/mol. The van der Waals surface area contributed by atoms with E-state index in [1.807, 2.05) is 12.1 Å². The molecule has 4 rings (SSSR count). The Kier molecular flexibility index (Phi) is 7.20. The Morgan fingerprint density at radius 2 is 1.52 bits per heavy atom. The first kappa shape index (κ1) is 20.4. The van der Waals surface area contributed by atoms with Gasteiger partial charge in [-0.1, -0.05) is 30.3 Å². The highest BCUT2D eigenvalue weighted by atomic mass is 16.5. The average Bonchev–Trinajstić information content (AvgIpc) is 3.23. The molecule has 0 unspecified atom stereocenters. The predicted molar refractivity (Wildman–Crippen MR) is 118 cm³/mol. The van der Waals surface area contributed by atoms with Crippen molar-refractivity contribution in [3.8, 4) is 5.75 Å². The molecule has 1 aliphatic carbocycles. The first-order valence-corrected chi connectivity index (χ1v) is 11.1. The van der Waals surface area contributed by atoms with E-state index in [-0.39, 0.29) is 0 Å². The van der Waals surface area contributed by atoms with E-state index >= 15 is 0 Å². The molecule has 0 atom stereocenters. The van der Waals surface area contributed by atoms with Crippen LogP contribution in [0.5, 0.6) is 5.75 Å². The van der Waals surface area contributed by atoms with Gasteiger partial charge in [0.2, 0.25) is 0 Å². The Morgan fingerprint density at radius 3 is 2.31 bits per heavy atom. The molecule has 2 aromatic carbocycles. The fourth-order valence-electron chi connectivity index (χ4n) is 4.43. The summed E-state index contributed by atoms with van der Waals surface area (Å²) in [6.07, 6.45) is 4.87. The number of piperazine rings is 1. The molecule has 1 saturated heterocycles. The fourth-order valence-corrected chi connectivity index (χ4v) is 4.43. The van der Waals surface area contributed by atoms with E-state index in [1.54, 1.807) is 18.2 Å². The molecule has 29 heavy (non-hydrogen) atoms. The van der Waals surface area contributed by atoms with E-state index in [1.165, 1.54) is 30.4 Å². The SMILES string of the molecule is COc1ccc(CN2CCN(CCOCCc3ccc4c(c3)CCC4)CC2)cc1. The summed E-state index contributed by atoms with van der Waals surface area (Å²) in [5.74, 6) is 0.926. The van der Waals surface area contributed by atoms with E-state index in [0.717, 1.165) is 64.7 Å². The molecule has 0 radical (unpaired) electrons. The summed E-state index contributed by atoms with van der Waals surface area (Å²) < 4.78 is 11.2. The second kappa shape index (κ2) is 10.2. The van der Waals surface area contributed by atoms with Crippen LogP contribution in [0.25, 0.3) is 0 Å². The van der Waals surface area contributed by atoms with Gasteiger partial charge in [0.25, 0.3) is 0 Å². The molecular weight excluding hydrogens is 360 g/mol. The van der Waals surface area contributed by atoms with Gasteiger partial charge in [-0.15, -0.1) is 0 Å². The molecular formula is C25H34N2O2. The smallest absolute Gasteiger partial charge is 0.118 e. The maximum absolute atomic E-state index is 5.94. The van der Waals surface area contributed by atoms with Crippen LogP contribution in [0.4, 0.5) is 0 Å². The minimum absolute atomic E-state index is 0.830. The van der Waals surface area contributed by atoms with Gasteiger partial charge in [-0.05, 0) is 60.1 Å². The zero-order valence-electron chi connectivity index (χ0n) is 17.7. The van der Waals surface area contributed by atoms with Crippen LogP contribution in [0.3, 0.4) is 0 Å². The highest BCUT2D eigenvalue weighted by molar-refractivity contribution is 5.35. The Hall–Kier alpha value is -1.88. The van der Waals surface area contributed by atoms with E-state index in [4.69, 9.17) is 9.47 Å². The average molecular weight is 395 g/mol. The summed E-state index contributed by atoms with van der Waals surface area (Å²) in [5.41, 5.74) is 5.91. The van der Waals surface area contributed by atoms with Crippen molar-refractivity contribution in [2.75, 3.05) is 53.0 Å². The van der Waals surface area contributed by atoms with Crippen LogP contribution in [0.15, 0.2) is 42.5 Å². The topological polar surface area (TPSA) is 24.9 Å². The molecule has 4 heteroatoms. The number of fused-ring (bicyclic) bond motifs is 1. The fraction of sp³-hybridized carbons (Fsp3) is 0.520. The Bertz CT molecular complexity index is 767. The molecule has 156 valence electrons. The third-order valence-electron chi connectivity index (χ3n) is 6.28. The van der Waals surface area contributed by atoms with Crippen molar-refractivity contribution in [2.24, 2.45) is 0 Å². The molecule has 0 bridgehead atoms. The molecule has 0 N–H and O–H groups in total. The lowest BCUT2D eigenvalue weighted by atomic mass is 10.0. The van der Waals surface area contributed by atoms with Crippen LogP contribution in [-0.2, 0) is 30.5 Å². The maximum atomic E-state index is 5.94. The third-order valence-corrected chi connectivity index (χ3v) is 6.28. The molecule has 2 aliphatic rings. The summed E-state index contributed by atoms with van der Waals surface area (Å²) in [6, 6.07) is 15.4. The van der Waals surface area contributed by atoms with Gasteiger partial charge in [-0.3, -0.25) is 9.80 Å². The Balaban J connectivity index is 1.09. The number of nitrogens with zero attached hydrogens (tertiary/aromatic N) is 2. The van der Waals surface area contributed by atoms with E-state index in [0.29, 0.717) is 0 Å². The van der Waals surface area contributed by atoms with Gasteiger partial charge in [0, 0.05) is 39.3 Å². The Morgan fingerprint density at radius 1 is 0.793 bits per heavy atom. The van der Waals surface area contributed by atoms with Gasteiger partial charge in [-0.2, -0.15) is 0 Å². The quantitative estimate of drug-likeness (QED) is 0.607. The first-order valence-electron chi connectivity index (χ1n) is 11.1. The van der Waals surface area contributed by atoms with E-state index in [2.05, 4.69) is 40.1 Å². The Labute approximate surface area is 175 Å². The van der Waals surface area contributed by atoms with Crippen molar-refractivity contribution in [3.05, 3.63) is 64.7 Å². The summed E-state index contributed by atoms with van der Waals surface area (Å²) >= 11 is 0. The minimum atomic E-state index is 0.830. The second-order valence-electron chi connectivity index (χ2n) is 8.28. The molecule has 1 fully saturated rings. The second-order valence-corrected chi connectivity index (χ2v) is 8.28. The predicted octanol–water partition coefficient (Wildman–Crippen LogP) is 3.56. The highest BCUT2D eigenvalue weighted by Gasteiger charge is 2.16. The molecule has 0 saturated carbocycles. The van der Waals surface area contributed by atoms with Crippen LogP contribution in [-0.4, -0.2) is 62.8 Å². The van der Waals surface area contributed by atoms with E-state index < -0.39 is 0 Å². The number of ether oxygens (including phenoxy) is 2. The number of aryl methyl sites for hydroxylation is 2. The first-order chi connectivity index (χ1) is 14.3. The van der Waals surface area contributed by atoms with Gasteiger partial charge in [-0.25, -0.2) is 0 Å². The normalized spacial score (nSPS) is 17.4. The summed E-state index contributed by atoms with van der Waals surface area (Å²) in [5, 5.41) is 0. The summed E-state index contributed by atoms with van der Waals surface area (Å²) in [6.45, 7) is 8.24. The zero-order valence-corrected chi connectivity index (χ0v) is 17.7. The lowest BCUT2D eigenvalue weighted by molar-refractivity contribution is 0.0747. The third kappa shape index (κ3) is 5.81. The van der Waals surface area contributed by atoms with Gasteiger partial charge >= 0.3 is 0 Å². The van der Waals surface area contributed by atoms with Crippen molar-refractivity contribution >= 4 is 0 Å². The lowest BCUT2D eigenvalue weighted by Crippen LogP contribution is -2.46. The van der Waals surface area contributed by atoms with Crippen molar-refractivity contribution < 1.29 is 9.47 Å². The van der Waals surface area contributed by atoms with Gasteiger partial charge in [0.1, 0.15) is 5.75 Å². The number of hydrogen-bond acceptors (Lipinski definition) is 4. The number of hydrogen-bond donors (Lipinski definition) is 0. The van der Waals surface area contributed by atoms with Crippen molar-refractivity contribution in [1.82, 2.24) is 9.80 Å². The van der Waals surface area contributed by atoms with Crippen molar-refractivity contribution in [3.63, 3.8) is 0 Å². The molecule has 0 aromatic heterocycles. The van der Waals surface area contributed by atoms with Crippen LogP contribution >= 0.6 is 0 Å². The summed E-state index contributed by atoms with van der Waals surface area (Å²) in [4.78, 5) is 5.06. The maximum Gasteiger partial charge on any atom is 0.118 e. The van der Waals surface area contributed by atoms with Gasteiger partial charge < -0.3 is 9.47 Å². The molecule has 0 spiro atoms. The molecule has 2 aromatic rings. The largest absolute Gasteiger partial charge is 0.497 e. The molecule has 4 nitrogen and oxygen atoms in total. The molecule has 1 aliphatic heterocycles. The summed E-state index contributed by atoms with van der Waals surface area (Å²) in [7, 11) is 1.71. The highest BCUT2D eigenvalue weighted by Crippen LogP contribution is 2.23. The molecule has 1 heterocycles. The van der Waals surface area contributed by atoms with Crippen LogP contribution in [0, 0.1) is 0 Å². The number of methoxy groups -OCH3 is 1. The minimum Gasteiger partial charge on any atom is -0.497 e. The standard InChI is InChI=1S/C25H34N2O2/c1-28-25-9-6-22(7-10-25)20-27-14-12-26(13-15-27)16-18-29-17-11-21-5-8-23-3-2-4-24(23)19-21/h5-10,19H,2-4,11-18,20H2,1H3. The lowest BCUT2D eigenvalue weighted by Gasteiger charge is -2.34. The zero-order chi connectivity index (χ0) is 19.9. The number of rotatable bonds is 9. The van der Waals surface area contributed by atoms with Crippen LogP contribution < -0.4 is 4.74 Å². The van der Waals surface area contributed by atoms with Crippen LogP contribution in [0.1, 0.15) is 28.7 Å². The van der Waals surface area contributed by atoms with E-state index in [9.17, 15) is 0 Å². The van der Waals surface area contributed by atoms with Crippen molar-refractivity contribution in [1.29, 1.82) is 0 Å².